The van der Waals surface area contributed by atoms with E-state index in [1.54, 1.807) is 6.92 Å². The van der Waals surface area contributed by atoms with Crippen LogP contribution in [0.4, 0.5) is 0 Å². The Morgan fingerprint density at radius 2 is 0.300 bits per heavy atom. The molecule has 200 valence electrons. The highest BCUT2D eigenvalue weighted by molar-refractivity contribution is 6.42. The molecule has 0 aromatic carbocycles. The van der Waals surface area contributed by atoms with E-state index in [2.05, 4.69) is 0 Å². The summed E-state index contributed by atoms with van der Waals surface area (Å²) in [6.07, 6.45) is 0. The minimum absolute atomic E-state index is 0.194. The fourth-order valence-electron chi connectivity index (χ4n) is 0. The summed E-state index contributed by atoms with van der Waals surface area (Å²) in [7, 11) is 0. The van der Waals surface area contributed by atoms with Gasteiger partial charge in [0.1, 0.15) is 0 Å². The lowest BCUT2D eigenvalue weighted by Gasteiger charge is -1.52. The molecule has 0 atom stereocenters. The molecule has 0 spiro atoms. The first-order valence-electron chi connectivity index (χ1n) is 5.83. The summed E-state index contributed by atoms with van der Waals surface area (Å²) >= 11 is 85.7. The normalized spacial score (nSPS) is 6.00. The van der Waals surface area contributed by atoms with Crippen molar-refractivity contribution in [3.8, 4) is 0 Å². The molecular weight excluding hydrogens is 786 g/mol. The smallest absolute Gasteiger partial charge is 0.0967 e. The van der Waals surface area contributed by atoms with Crippen LogP contribution in [-0.4, -0.2) is 59.8 Å². The monoisotopic (exact) mass is 802 g/mol. The first-order chi connectivity index (χ1) is 14.1. The SMILES string of the molecule is CCO.ClCCl.ClCCl.ClCCl.ClCCl.ClCCl.ClCCl.ClCCl.ClCCl.ClCCl. The van der Waals surface area contributed by atoms with Gasteiger partial charge in [-0.1, -0.05) is 0 Å². The van der Waals surface area contributed by atoms with E-state index in [4.69, 9.17) is 214 Å². The van der Waals surface area contributed by atoms with Crippen LogP contribution in [0.25, 0.3) is 0 Å². The van der Waals surface area contributed by atoms with E-state index in [0.29, 0.717) is 0 Å². The Balaban J connectivity index is -0.0000000185. The molecule has 19 heteroatoms. The summed E-state index contributed by atoms with van der Waals surface area (Å²) in [6.45, 7) is 1.93. The standard InChI is InChI=1S/C2H6O.9CH2Cl2/c1-2-3;9*2-1-3/h3H,2H2,1H3;9*1H2. The third kappa shape index (κ3) is 1280. The maximum atomic E-state index is 7.57. The molecule has 0 aliphatic heterocycles. The van der Waals surface area contributed by atoms with E-state index in [1.165, 1.54) is 0 Å². The first kappa shape index (κ1) is 64.8. The molecule has 0 rings (SSSR count). The third-order valence-corrected chi connectivity index (χ3v) is 0. The van der Waals surface area contributed by atoms with E-state index in [0.717, 1.165) is 0 Å². The van der Waals surface area contributed by atoms with Crippen LogP contribution in [-0.2, 0) is 0 Å². The fraction of sp³-hybridized carbons (Fsp3) is 1.00. The summed E-state index contributed by atoms with van der Waals surface area (Å²) in [5.41, 5.74) is 0. The van der Waals surface area contributed by atoms with Crippen molar-refractivity contribution in [1.29, 1.82) is 0 Å². The van der Waals surface area contributed by atoms with Gasteiger partial charge in [-0.2, -0.15) is 0 Å². The molecular formula is C11H24Cl18O. The van der Waals surface area contributed by atoms with Crippen LogP contribution < -0.4 is 0 Å². The van der Waals surface area contributed by atoms with Gasteiger partial charge in [-0.15, -0.1) is 209 Å². The van der Waals surface area contributed by atoms with Gasteiger partial charge < -0.3 is 5.11 Å². The van der Waals surface area contributed by atoms with Gasteiger partial charge in [-0.25, -0.2) is 0 Å². The molecule has 0 heterocycles. The minimum Gasteiger partial charge on any atom is -0.397 e. The van der Waals surface area contributed by atoms with Crippen LogP contribution in [0.2, 0.25) is 0 Å². The highest BCUT2D eigenvalue weighted by Crippen LogP contribution is 1.75. The summed E-state index contributed by atoms with van der Waals surface area (Å²) in [5, 5.41) is 9.32. The van der Waals surface area contributed by atoms with Crippen LogP contribution in [0.1, 0.15) is 6.92 Å². The predicted octanol–water partition coefficient (Wildman–Crippen LogP) is 12.8. The summed E-state index contributed by atoms with van der Waals surface area (Å²) in [5.74, 6) is 0. The number of hydrogen-bond donors (Lipinski definition) is 1. The van der Waals surface area contributed by atoms with Gasteiger partial charge >= 0.3 is 0 Å². The van der Waals surface area contributed by atoms with Crippen molar-refractivity contribution >= 4 is 209 Å². The molecule has 1 N–H and O–H groups in total. The molecule has 30 heavy (non-hydrogen) atoms. The Hall–Kier alpha value is 5.18. The number of aliphatic hydroxyl groups excluding tert-OH is 1. The third-order valence-electron chi connectivity index (χ3n) is 0. The largest absolute Gasteiger partial charge is 0.397 e. The molecule has 0 unspecified atom stereocenters. The Bertz CT molecular complexity index is 67.3. The first-order valence-corrected chi connectivity index (χ1v) is 15.5. The number of halogens is 18. The van der Waals surface area contributed by atoms with E-state index >= 15 is 0 Å². The van der Waals surface area contributed by atoms with Crippen molar-refractivity contribution in [3.05, 3.63) is 0 Å². The van der Waals surface area contributed by atoms with Crippen molar-refractivity contribution in [2.75, 3.05) is 54.7 Å². The van der Waals surface area contributed by atoms with Crippen LogP contribution in [0.15, 0.2) is 0 Å². The molecule has 0 aromatic rings. The molecule has 0 aliphatic carbocycles. The average molecular weight is 810 g/mol. The molecule has 0 bridgehead atoms. The Kier molecular flexibility index (Phi) is 353. The van der Waals surface area contributed by atoms with Crippen LogP contribution in [0, 0.1) is 0 Å². The second kappa shape index (κ2) is 163. The van der Waals surface area contributed by atoms with Crippen LogP contribution in [0.3, 0.4) is 0 Å². The predicted molar refractivity (Wildman–Crippen MR) is 162 cm³/mol. The van der Waals surface area contributed by atoms with Crippen molar-refractivity contribution in [2.45, 2.75) is 6.92 Å². The zero-order valence-electron chi connectivity index (χ0n) is 15.3. The van der Waals surface area contributed by atoms with E-state index in [9.17, 15) is 0 Å². The molecule has 0 saturated heterocycles. The van der Waals surface area contributed by atoms with Gasteiger partial charge in [0.05, 0.1) is 48.1 Å². The quantitative estimate of drug-likeness (QED) is 0.242. The zero-order chi connectivity index (χ0) is 27.1. The Morgan fingerprint density at radius 1 is 0.300 bits per heavy atom. The highest BCUT2D eigenvalue weighted by Gasteiger charge is 1.44. The summed E-state index contributed by atoms with van der Waals surface area (Å²) in [6, 6.07) is 0. The maximum absolute atomic E-state index is 7.57. The second-order valence-corrected chi connectivity index (χ2v) is 8.50. The van der Waals surface area contributed by atoms with Gasteiger partial charge in [0.15, 0.2) is 0 Å². The van der Waals surface area contributed by atoms with Crippen LogP contribution in [0.5, 0.6) is 0 Å². The zero-order valence-corrected chi connectivity index (χ0v) is 28.9. The number of aliphatic hydroxyl groups is 1. The van der Waals surface area contributed by atoms with Gasteiger partial charge in [-0.3, -0.25) is 0 Å². The maximum Gasteiger partial charge on any atom is 0.0967 e. The lowest BCUT2D eigenvalue weighted by molar-refractivity contribution is 0.318. The van der Waals surface area contributed by atoms with Gasteiger partial charge in [0.25, 0.3) is 0 Å². The molecule has 0 aliphatic rings. The number of hydrogen-bond acceptors (Lipinski definition) is 1. The van der Waals surface area contributed by atoms with Gasteiger partial charge in [0, 0.05) is 6.61 Å². The summed E-state index contributed by atoms with van der Waals surface area (Å²) < 4.78 is 0. The minimum atomic E-state index is 0.194. The fourth-order valence-corrected chi connectivity index (χ4v) is 0. The molecule has 0 fully saturated rings. The summed E-state index contributed by atoms with van der Waals surface area (Å²) in [4.78, 5) is 0. The topological polar surface area (TPSA) is 20.2 Å². The Morgan fingerprint density at radius 3 is 0.300 bits per heavy atom. The highest BCUT2D eigenvalue weighted by atomic mass is 35.6. The molecule has 0 saturated carbocycles. The lowest BCUT2D eigenvalue weighted by atomic mass is 10.9. The molecule has 0 aromatic heterocycles. The van der Waals surface area contributed by atoms with Gasteiger partial charge in [0.2, 0.25) is 0 Å². The lowest BCUT2D eigenvalue weighted by Crippen LogP contribution is -1.57. The van der Waals surface area contributed by atoms with E-state index in [-0.39, 0.29) is 54.7 Å². The Labute approximate surface area is 272 Å². The van der Waals surface area contributed by atoms with Crippen molar-refractivity contribution in [3.63, 3.8) is 0 Å². The average Bonchev–Trinajstić information content (AvgIpc) is 2.61. The van der Waals surface area contributed by atoms with Crippen molar-refractivity contribution in [1.82, 2.24) is 0 Å². The number of rotatable bonds is 0. The van der Waals surface area contributed by atoms with E-state index in [1.807, 2.05) is 0 Å². The van der Waals surface area contributed by atoms with Crippen molar-refractivity contribution < 1.29 is 5.11 Å². The van der Waals surface area contributed by atoms with E-state index < -0.39 is 0 Å². The van der Waals surface area contributed by atoms with Gasteiger partial charge in [-0.05, 0) is 6.92 Å². The number of alkyl halides is 18. The second-order valence-electron chi connectivity index (χ2n) is 1.23. The van der Waals surface area contributed by atoms with Crippen molar-refractivity contribution in [2.24, 2.45) is 0 Å². The molecule has 1 nitrogen and oxygen atoms in total. The molecule has 0 amide bonds. The van der Waals surface area contributed by atoms with Crippen LogP contribution >= 0.6 is 209 Å². The molecule has 0 radical (unpaired) electrons.